The molecule has 24 heavy (non-hydrogen) atoms. The zero-order valence-corrected chi connectivity index (χ0v) is 15.3. The van der Waals surface area contributed by atoms with Gasteiger partial charge >= 0.3 is 0 Å². The van der Waals surface area contributed by atoms with Crippen molar-refractivity contribution in [2.75, 3.05) is 19.7 Å². The fraction of sp³-hybridized carbons (Fsp3) is 0.550. The van der Waals surface area contributed by atoms with Crippen molar-refractivity contribution in [1.82, 2.24) is 9.47 Å². The van der Waals surface area contributed by atoms with Crippen LogP contribution in [0.1, 0.15) is 49.7 Å². The third-order valence-electron chi connectivity index (χ3n) is 5.19. The smallest absolute Gasteiger partial charge is 0.270 e. The van der Waals surface area contributed by atoms with Crippen LogP contribution in [0.15, 0.2) is 18.2 Å². The first-order valence-electron chi connectivity index (χ1n) is 9.11. The van der Waals surface area contributed by atoms with Gasteiger partial charge < -0.3 is 14.2 Å². The molecule has 0 atom stereocenters. The summed E-state index contributed by atoms with van der Waals surface area (Å²) in [5.74, 6) is 1.77. The highest BCUT2D eigenvalue weighted by Crippen LogP contribution is 2.31. The summed E-state index contributed by atoms with van der Waals surface area (Å²) < 4.78 is 7.79. The summed E-state index contributed by atoms with van der Waals surface area (Å²) in [6.07, 6.45) is 2.21. The topological polar surface area (TPSA) is 34.5 Å². The quantitative estimate of drug-likeness (QED) is 0.841. The molecule has 1 aliphatic heterocycles. The summed E-state index contributed by atoms with van der Waals surface area (Å²) in [7, 11) is 0. The van der Waals surface area contributed by atoms with Gasteiger partial charge in [0.2, 0.25) is 0 Å². The summed E-state index contributed by atoms with van der Waals surface area (Å²) in [5, 5.41) is 1.12. The molecule has 1 amide bonds. The molecule has 1 fully saturated rings. The molecule has 0 bridgehead atoms. The van der Waals surface area contributed by atoms with Gasteiger partial charge in [-0.25, -0.2) is 0 Å². The Bertz CT molecular complexity index is 740. The average Bonchev–Trinajstić information content (AvgIpc) is 2.87. The second-order valence-corrected chi connectivity index (χ2v) is 6.80. The molecule has 0 aliphatic carbocycles. The Labute approximate surface area is 144 Å². The van der Waals surface area contributed by atoms with Crippen LogP contribution < -0.4 is 4.74 Å². The van der Waals surface area contributed by atoms with E-state index in [0.29, 0.717) is 6.61 Å². The Morgan fingerprint density at radius 2 is 1.96 bits per heavy atom. The molecular weight excluding hydrogens is 300 g/mol. The second kappa shape index (κ2) is 6.88. The Kier molecular flexibility index (Phi) is 4.83. The van der Waals surface area contributed by atoms with Gasteiger partial charge in [-0.2, -0.15) is 0 Å². The van der Waals surface area contributed by atoms with Gasteiger partial charge in [0, 0.05) is 30.5 Å². The van der Waals surface area contributed by atoms with Crippen molar-refractivity contribution in [2.24, 2.45) is 5.92 Å². The van der Waals surface area contributed by atoms with E-state index in [4.69, 9.17) is 4.74 Å². The number of fused-ring (bicyclic) bond motifs is 1. The molecule has 2 aromatic rings. The van der Waals surface area contributed by atoms with Crippen molar-refractivity contribution >= 4 is 16.8 Å². The van der Waals surface area contributed by atoms with Crippen LogP contribution in [-0.2, 0) is 6.54 Å². The van der Waals surface area contributed by atoms with Crippen molar-refractivity contribution < 1.29 is 9.53 Å². The van der Waals surface area contributed by atoms with Crippen molar-refractivity contribution in [3.63, 3.8) is 0 Å². The molecule has 1 saturated heterocycles. The van der Waals surface area contributed by atoms with Crippen LogP contribution in [0.4, 0.5) is 0 Å². The number of nitrogens with zero attached hydrogens (tertiary/aromatic N) is 2. The van der Waals surface area contributed by atoms with Gasteiger partial charge in [0.1, 0.15) is 11.4 Å². The van der Waals surface area contributed by atoms with Crippen LogP contribution in [0.3, 0.4) is 0 Å². The highest BCUT2D eigenvalue weighted by atomic mass is 16.5. The van der Waals surface area contributed by atoms with Gasteiger partial charge in [0.15, 0.2) is 0 Å². The Morgan fingerprint density at radius 3 is 2.58 bits per heavy atom. The predicted molar refractivity (Wildman–Crippen MR) is 97.8 cm³/mol. The van der Waals surface area contributed by atoms with Crippen molar-refractivity contribution in [1.29, 1.82) is 0 Å². The fourth-order valence-corrected chi connectivity index (χ4v) is 3.72. The van der Waals surface area contributed by atoms with Crippen LogP contribution >= 0.6 is 0 Å². The Hall–Kier alpha value is -1.97. The number of carbonyl (C=O) groups excluding carboxylic acids is 1. The molecule has 3 rings (SSSR count). The molecule has 0 radical (unpaired) electrons. The Balaban J connectivity index is 2.03. The number of piperidine rings is 1. The van der Waals surface area contributed by atoms with Gasteiger partial charge in [-0.1, -0.05) is 6.92 Å². The maximum atomic E-state index is 13.2. The highest BCUT2D eigenvalue weighted by molar-refractivity contribution is 6.02. The minimum atomic E-state index is 0.176. The zero-order valence-electron chi connectivity index (χ0n) is 15.3. The number of hydrogen-bond acceptors (Lipinski definition) is 2. The lowest BCUT2D eigenvalue weighted by molar-refractivity contribution is 0.0686. The molecule has 0 N–H and O–H groups in total. The van der Waals surface area contributed by atoms with Crippen LogP contribution in [-0.4, -0.2) is 35.1 Å². The SMILES string of the molecule is CCOc1ccc2c(c1)c(C)c(C(=O)N1CCC(C)CC1)n2CC. The molecule has 4 heteroatoms. The predicted octanol–water partition coefficient (Wildman–Crippen LogP) is 4.24. The molecule has 0 unspecified atom stereocenters. The number of amides is 1. The molecule has 0 spiro atoms. The molecule has 1 aromatic carbocycles. The number of aryl methyl sites for hydroxylation is 2. The van der Waals surface area contributed by atoms with Gasteiger partial charge in [0.05, 0.1) is 6.61 Å². The normalized spacial score (nSPS) is 15.9. The summed E-state index contributed by atoms with van der Waals surface area (Å²) in [6, 6.07) is 6.13. The molecule has 1 aliphatic rings. The summed E-state index contributed by atoms with van der Waals surface area (Å²) >= 11 is 0. The highest BCUT2D eigenvalue weighted by Gasteiger charge is 2.26. The van der Waals surface area contributed by atoms with Crippen molar-refractivity contribution in [2.45, 2.75) is 47.1 Å². The number of benzene rings is 1. The molecule has 0 saturated carbocycles. The molecular formula is C20H28N2O2. The lowest BCUT2D eigenvalue weighted by Gasteiger charge is -2.30. The maximum Gasteiger partial charge on any atom is 0.270 e. The first kappa shape index (κ1) is 16.9. The summed E-state index contributed by atoms with van der Waals surface area (Å²) in [4.78, 5) is 15.2. The molecule has 130 valence electrons. The van der Waals surface area contributed by atoms with Crippen LogP contribution in [0.2, 0.25) is 0 Å². The number of ether oxygens (including phenoxy) is 1. The first-order chi connectivity index (χ1) is 11.6. The van der Waals surface area contributed by atoms with E-state index in [2.05, 4.69) is 37.5 Å². The largest absolute Gasteiger partial charge is 0.494 e. The summed E-state index contributed by atoms with van der Waals surface area (Å²) in [6.45, 7) is 11.6. The standard InChI is InChI=1S/C20H28N2O2/c1-5-22-18-8-7-16(24-6-2)13-17(18)15(4)19(22)20(23)21-11-9-14(3)10-12-21/h7-8,13-14H,5-6,9-12H2,1-4H3. The third-order valence-corrected chi connectivity index (χ3v) is 5.19. The van der Waals surface area contributed by atoms with E-state index in [-0.39, 0.29) is 5.91 Å². The lowest BCUT2D eigenvalue weighted by atomic mass is 9.99. The van der Waals surface area contributed by atoms with E-state index in [1.165, 1.54) is 0 Å². The lowest BCUT2D eigenvalue weighted by Crippen LogP contribution is -2.39. The van der Waals surface area contributed by atoms with Gasteiger partial charge in [-0.05, 0) is 63.3 Å². The number of rotatable bonds is 4. The Morgan fingerprint density at radius 1 is 1.25 bits per heavy atom. The molecule has 1 aromatic heterocycles. The van der Waals surface area contributed by atoms with Crippen LogP contribution in [0.5, 0.6) is 5.75 Å². The number of likely N-dealkylation sites (tertiary alicyclic amines) is 1. The fourth-order valence-electron chi connectivity index (χ4n) is 3.72. The second-order valence-electron chi connectivity index (χ2n) is 6.80. The van der Waals surface area contributed by atoms with Crippen molar-refractivity contribution in [3.8, 4) is 5.75 Å². The number of aromatic nitrogens is 1. The summed E-state index contributed by atoms with van der Waals surface area (Å²) in [5.41, 5.74) is 3.03. The zero-order chi connectivity index (χ0) is 17.3. The third kappa shape index (κ3) is 2.90. The van der Waals surface area contributed by atoms with E-state index in [9.17, 15) is 4.79 Å². The minimum Gasteiger partial charge on any atom is -0.494 e. The molecule has 2 heterocycles. The average molecular weight is 328 g/mol. The minimum absolute atomic E-state index is 0.176. The van der Waals surface area contributed by atoms with Crippen LogP contribution in [0.25, 0.3) is 10.9 Å². The van der Waals surface area contributed by atoms with E-state index in [1.807, 2.05) is 17.9 Å². The van der Waals surface area contributed by atoms with Crippen LogP contribution in [0, 0.1) is 12.8 Å². The van der Waals surface area contributed by atoms with Crippen molar-refractivity contribution in [3.05, 3.63) is 29.5 Å². The monoisotopic (exact) mass is 328 g/mol. The van der Waals surface area contributed by atoms with Gasteiger partial charge in [-0.15, -0.1) is 0 Å². The molecule has 4 nitrogen and oxygen atoms in total. The first-order valence-corrected chi connectivity index (χ1v) is 9.11. The van der Waals surface area contributed by atoms with E-state index in [1.54, 1.807) is 0 Å². The number of carbonyl (C=O) groups is 1. The maximum absolute atomic E-state index is 13.2. The van der Waals surface area contributed by atoms with E-state index < -0.39 is 0 Å². The van der Waals surface area contributed by atoms with E-state index >= 15 is 0 Å². The van der Waals surface area contributed by atoms with E-state index in [0.717, 1.165) is 66.3 Å². The number of hydrogen-bond donors (Lipinski definition) is 0. The van der Waals surface area contributed by atoms with Gasteiger partial charge in [-0.3, -0.25) is 4.79 Å². The van der Waals surface area contributed by atoms with Gasteiger partial charge in [0.25, 0.3) is 5.91 Å².